The lowest BCUT2D eigenvalue weighted by atomic mass is 10.2. The van der Waals surface area contributed by atoms with E-state index in [4.69, 9.17) is 0 Å². The fraction of sp³-hybridized carbons (Fsp3) is 0.714. The number of nitrogens with zero attached hydrogens (tertiary/aromatic N) is 3. The molecule has 7 heteroatoms. The van der Waals surface area contributed by atoms with Crippen molar-refractivity contribution in [2.45, 2.75) is 31.2 Å². The number of likely N-dealkylation sites (tertiary alicyclic amines) is 1. The molecule has 1 aliphatic rings. The number of carbonyl (C=O) groups is 1. The molecule has 2 atom stereocenters. The van der Waals surface area contributed by atoms with Gasteiger partial charge in [-0.15, -0.1) is 23.1 Å². The summed E-state index contributed by atoms with van der Waals surface area (Å²) in [5, 5.41) is 12.9. The molecule has 0 saturated carbocycles. The summed E-state index contributed by atoms with van der Waals surface area (Å²) in [5.41, 5.74) is 1.04. The maximum atomic E-state index is 12.3. The number of aliphatic hydroxyl groups is 1. The smallest absolute Gasteiger partial charge is 0.232 e. The minimum Gasteiger partial charge on any atom is -0.391 e. The van der Waals surface area contributed by atoms with Crippen molar-refractivity contribution in [1.29, 1.82) is 0 Å². The lowest BCUT2D eigenvalue weighted by Crippen LogP contribution is -2.42. The second-order valence-corrected chi connectivity index (χ2v) is 7.75. The van der Waals surface area contributed by atoms with E-state index in [1.165, 1.54) is 0 Å². The Labute approximate surface area is 134 Å². The number of hydrogen-bond acceptors (Lipinski definition) is 6. The van der Waals surface area contributed by atoms with Crippen LogP contribution < -0.4 is 0 Å². The highest BCUT2D eigenvalue weighted by molar-refractivity contribution is 7.99. The number of thioether (sulfide) groups is 1. The summed E-state index contributed by atoms with van der Waals surface area (Å²) in [4.78, 5) is 20.6. The average molecular weight is 329 g/mol. The molecule has 1 aromatic rings. The second-order valence-electron chi connectivity index (χ2n) is 5.70. The van der Waals surface area contributed by atoms with Gasteiger partial charge in [-0.05, 0) is 27.4 Å². The number of likely N-dealkylation sites (N-methyl/N-ethyl adjacent to an activating group) is 1. The average Bonchev–Trinajstić information content (AvgIpc) is 2.95. The molecule has 118 valence electrons. The lowest BCUT2D eigenvalue weighted by Gasteiger charge is -2.26. The van der Waals surface area contributed by atoms with Crippen molar-refractivity contribution in [3.05, 3.63) is 16.1 Å². The van der Waals surface area contributed by atoms with Crippen LogP contribution in [-0.2, 0) is 10.5 Å². The molecule has 1 fully saturated rings. The first-order chi connectivity index (χ1) is 9.95. The van der Waals surface area contributed by atoms with E-state index in [1.807, 2.05) is 31.3 Å². The van der Waals surface area contributed by atoms with Crippen molar-refractivity contribution in [2.24, 2.45) is 0 Å². The summed E-state index contributed by atoms with van der Waals surface area (Å²) in [6.07, 6.45) is 0.296. The molecule has 2 unspecified atom stereocenters. The largest absolute Gasteiger partial charge is 0.391 e. The van der Waals surface area contributed by atoms with Gasteiger partial charge in [0.2, 0.25) is 5.91 Å². The van der Waals surface area contributed by atoms with E-state index in [-0.39, 0.29) is 18.1 Å². The van der Waals surface area contributed by atoms with Gasteiger partial charge < -0.3 is 14.9 Å². The van der Waals surface area contributed by atoms with Gasteiger partial charge in [-0.3, -0.25) is 4.79 Å². The molecule has 0 radical (unpaired) electrons. The van der Waals surface area contributed by atoms with Crippen LogP contribution in [0.25, 0.3) is 0 Å². The third kappa shape index (κ3) is 4.95. The third-order valence-corrected chi connectivity index (χ3v) is 5.20. The number of hydrogen-bond donors (Lipinski definition) is 1. The Morgan fingerprint density at radius 1 is 1.62 bits per heavy atom. The van der Waals surface area contributed by atoms with E-state index in [9.17, 15) is 9.90 Å². The molecule has 0 spiro atoms. The van der Waals surface area contributed by atoms with E-state index in [0.29, 0.717) is 18.7 Å². The predicted molar refractivity (Wildman–Crippen MR) is 87.7 cm³/mol. The number of aliphatic hydroxyl groups excluding tert-OH is 1. The monoisotopic (exact) mass is 329 g/mol. The van der Waals surface area contributed by atoms with Gasteiger partial charge in [0.25, 0.3) is 0 Å². The molecule has 1 N–H and O–H groups in total. The van der Waals surface area contributed by atoms with Gasteiger partial charge >= 0.3 is 0 Å². The maximum Gasteiger partial charge on any atom is 0.232 e. The number of carbonyl (C=O) groups excluding carboxylic acids is 1. The first kappa shape index (κ1) is 16.7. The Kier molecular flexibility index (Phi) is 6.04. The molecule has 5 nitrogen and oxygen atoms in total. The Bertz CT molecular complexity index is 479. The standard InChI is InChI=1S/C14H23N3O2S2/c1-10-15-11(8-21-10)7-20-9-14(19)17-6-13(18)4-12(17)5-16(2)3/h8,12-13,18H,4-7,9H2,1-3H3. The summed E-state index contributed by atoms with van der Waals surface area (Å²) in [6, 6.07) is 0.129. The van der Waals surface area contributed by atoms with Gasteiger partial charge in [-0.2, -0.15) is 0 Å². The van der Waals surface area contributed by atoms with E-state index < -0.39 is 0 Å². The lowest BCUT2D eigenvalue weighted by molar-refractivity contribution is -0.129. The van der Waals surface area contributed by atoms with Crippen molar-refractivity contribution in [1.82, 2.24) is 14.8 Å². The first-order valence-electron chi connectivity index (χ1n) is 7.06. The zero-order chi connectivity index (χ0) is 15.4. The quantitative estimate of drug-likeness (QED) is 0.850. The summed E-state index contributed by atoms with van der Waals surface area (Å²) >= 11 is 3.23. The van der Waals surface area contributed by atoms with Crippen LogP contribution >= 0.6 is 23.1 Å². The van der Waals surface area contributed by atoms with Gasteiger partial charge in [0, 0.05) is 30.3 Å². The SMILES string of the molecule is Cc1nc(CSCC(=O)N2CC(O)CC2CN(C)C)cs1. The Balaban J connectivity index is 1.81. The molecule has 0 aromatic carbocycles. The molecule has 1 aliphatic heterocycles. The van der Waals surface area contributed by atoms with Crippen LogP contribution in [0.5, 0.6) is 0 Å². The molecule has 1 amide bonds. The van der Waals surface area contributed by atoms with Gasteiger partial charge in [0.15, 0.2) is 0 Å². The van der Waals surface area contributed by atoms with Crippen LogP contribution in [-0.4, -0.2) is 70.9 Å². The number of rotatable bonds is 6. The van der Waals surface area contributed by atoms with Crippen molar-refractivity contribution in [2.75, 3.05) is 32.9 Å². The number of aryl methyl sites for hydroxylation is 1. The molecule has 2 rings (SSSR count). The van der Waals surface area contributed by atoms with E-state index in [1.54, 1.807) is 23.1 Å². The van der Waals surface area contributed by atoms with Gasteiger partial charge in [-0.1, -0.05) is 0 Å². The summed E-state index contributed by atoms with van der Waals surface area (Å²) in [5.74, 6) is 1.34. The van der Waals surface area contributed by atoms with Crippen LogP contribution in [0.3, 0.4) is 0 Å². The number of amides is 1. The predicted octanol–water partition coefficient (Wildman–Crippen LogP) is 1.21. The molecule has 0 aliphatic carbocycles. The Morgan fingerprint density at radius 3 is 3.00 bits per heavy atom. The fourth-order valence-electron chi connectivity index (χ4n) is 2.59. The zero-order valence-electron chi connectivity index (χ0n) is 12.8. The molecule has 2 heterocycles. The number of aromatic nitrogens is 1. The summed E-state index contributed by atoms with van der Waals surface area (Å²) in [6.45, 7) is 3.26. The van der Waals surface area contributed by atoms with Crippen molar-refractivity contribution in [3.63, 3.8) is 0 Å². The van der Waals surface area contributed by atoms with E-state index >= 15 is 0 Å². The van der Waals surface area contributed by atoms with Gasteiger partial charge in [-0.25, -0.2) is 4.98 Å². The van der Waals surface area contributed by atoms with Crippen LogP contribution in [0, 0.1) is 6.92 Å². The minimum absolute atomic E-state index is 0.121. The summed E-state index contributed by atoms with van der Waals surface area (Å²) in [7, 11) is 3.99. The molecular weight excluding hydrogens is 306 g/mol. The van der Waals surface area contributed by atoms with Gasteiger partial charge in [0.05, 0.1) is 22.6 Å². The van der Waals surface area contributed by atoms with Crippen LogP contribution in [0.2, 0.25) is 0 Å². The molecule has 0 bridgehead atoms. The normalized spacial score (nSPS) is 22.2. The minimum atomic E-state index is -0.384. The maximum absolute atomic E-state index is 12.3. The van der Waals surface area contributed by atoms with E-state index in [2.05, 4.69) is 9.88 Å². The second kappa shape index (κ2) is 7.58. The highest BCUT2D eigenvalue weighted by atomic mass is 32.2. The van der Waals surface area contributed by atoms with Crippen molar-refractivity contribution in [3.8, 4) is 0 Å². The molecule has 1 aromatic heterocycles. The van der Waals surface area contributed by atoms with Crippen molar-refractivity contribution >= 4 is 29.0 Å². The van der Waals surface area contributed by atoms with Crippen LogP contribution in [0.4, 0.5) is 0 Å². The number of β-amino-alcohol motifs (C(OH)–C–C–N with tert-alkyl or cyclic N) is 1. The molecular formula is C14H23N3O2S2. The number of thiazole rings is 1. The molecule has 21 heavy (non-hydrogen) atoms. The highest BCUT2D eigenvalue weighted by Gasteiger charge is 2.34. The summed E-state index contributed by atoms with van der Waals surface area (Å²) < 4.78 is 0. The fourth-order valence-corrected chi connectivity index (χ4v) is 4.11. The van der Waals surface area contributed by atoms with E-state index in [0.717, 1.165) is 23.0 Å². The Hall–Kier alpha value is -0.630. The molecule has 1 saturated heterocycles. The van der Waals surface area contributed by atoms with Crippen LogP contribution in [0.15, 0.2) is 5.38 Å². The topological polar surface area (TPSA) is 56.7 Å². The third-order valence-electron chi connectivity index (χ3n) is 3.43. The zero-order valence-corrected chi connectivity index (χ0v) is 14.4. The highest BCUT2D eigenvalue weighted by Crippen LogP contribution is 2.21. The van der Waals surface area contributed by atoms with Crippen molar-refractivity contribution < 1.29 is 9.90 Å². The van der Waals surface area contributed by atoms with Gasteiger partial charge in [0.1, 0.15) is 0 Å². The Morgan fingerprint density at radius 2 is 2.38 bits per heavy atom. The van der Waals surface area contributed by atoms with Crippen LogP contribution in [0.1, 0.15) is 17.1 Å². The first-order valence-corrected chi connectivity index (χ1v) is 9.10.